The minimum Gasteiger partial charge on any atom is -0.383 e. The summed E-state index contributed by atoms with van der Waals surface area (Å²) in [6.45, 7) is 6.39. The number of imidazole rings is 1. The zero-order chi connectivity index (χ0) is 17.9. The second kappa shape index (κ2) is 7.12. The van der Waals surface area contributed by atoms with E-state index in [0.717, 1.165) is 11.4 Å². The predicted molar refractivity (Wildman–Crippen MR) is 86.5 cm³/mol. The van der Waals surface area contributed by atoms with Crippen molar-refractivity contribution >= 4 is 5.78 Å². The molecule has 24 heavy (non-hydrogen) atoms. The first-order chi connectivity index (χ1) is 11.4. The Hall–Kier alpha value is -2.90. The minimum atomic E-state index is -0.127. The van der Waals surface area contributed by atoms with Crippen molar-refractivity contribution in [3.8, 4) is 12.1 Å². The van der Waals surface area contributed by atoms with Gasteiger partial charge in [0, 0.05) is 24.1 Å². The zero-order valence-corrected chi connectivity index (χ0v) is 14.2. The number of aromatic nitrogens is 3. The number of aryl methyl sites for hydroxylation is 1. The van der Waals surface area contributed by atoms with Crippen LogP contribution in [0.25, 0.3) is 0 Å². The normalized spacial score (nSPS) is 11.8. The van der Waals surface area contributed by atoms with Gasteiger partial charge in [-0.1, -0.05) is 0 Å². The molecule has 0 saturated heterocycles. The quantitative estimate of drug-likeness (QED) is 0.758. The summed E-state index contributed by atoms with van der Waals surface area (Å²) in [6.07, 6.45) is 1.35. The third kappa shape index (κ3) is 3.08. The first-order valence-electron chi connectivity index (χ1n) is 7.50. The van der Waals surface area contributed by atoms with Gasteiger partial charge in [-0.05, 0) is 26.8 Å². The van der Waals surface area contributed by atoms with Crippen molar-refractivity contribution < 1.29 is 9.53 Å². The second-order valence-corrected chi connectivity index (χ2v) is 5.68. The Labute approximate surface area is 140 Å². The lowest BCUT2D eigenvalue weighted by molar-refractivity contribution is 0.0970. The van der Waals surface area contributed by atoms with Crippen LogP contribution >= 0.6 is 0 Å². The van der Waals surface area contributed by atoms with Gasteiger partial charge in [0.25, 0.3) is 0 Å². The average molecular weight is 325 g/mol. The van der Waals surface area contributed by atoms with Gasteiger partial charge < -0.3 is 13.9 Å². The van der Waals surface area contributed by atoms with Crippen LogP contribution in [0.1, 0.15) is 46.1 Å². The van der Waals surface area contributed by atoms with Crippen molar-refractivity contribution in [2.75, 3.05) is 13.7 Å². The highest BCUT2D eigenvalue weighted by atomic mass is 16.5. The molecule has 7 nitrogen and oxygen atoms in total. The summed E-state index contributed by atoms with van der Waals surface area (Å²) in [7, 11) is 1.64. The Kier molecular flexibility index (Phi) is 5.18. The molecule has 0 aliphatic heterocycles. The molecule has 7 heteroatoms. The smallest absolute Gasteiger partial charge is 0.184 e. The van der Waals surface area contributed by atoms with Gasteiger partial charge in [-0.3, -0.25) is 4.79 Å². The minimum absolute atomic E-state index is 0.0273. The van der Waals surface area contributed by atoms with Crippen LogP contribution in [0.15, 0.2) is 12.4 Å². The Morgan fingerprint density at radius 1 is 1.38 bits per heavy atom. The summed E-state index contributed by atoms with van der Waals surface area (Å²) in [5, 5.41) is 18.1. The fourth-order valence-electron chi connectivity index (χ4n) is 2.99. The first kappa shape index (κ1) is 17.5. The molecule has 0 amide bonds. The summed E-state index contributed by atoms with van der Waals surface area (Å²) < 4.78 is 8.67. The number of ether oxygens (including phenoxy) is 1. The molecule has 2 aromatic heterocycles. The van der Waals surface area contributed by atoms with E-state index in [1.54, 1.807) is 7.11 Å². The number of methoxy groups -OCH3 is 1. The number of hydrogen-bond acceptors (Lipinski definition) is 5. The first-order valence-corrected chi connectivity index (χ1v) is 7.50. The number of nitrogens with zero attached hydrogens (tertiary/aromatic N) is 5. The number of Topliss-reactive ketones (excluding diaryl/α,β-unsaturated/α-hetero) is 1. The molecule has 0 aliphatic rings. The van der Waals surface area contributed by atoms with E-state index >= 15 is 0 Å². The van der Waals surface area contributed by atoms with Crippen LogP contribution in [0.4, 0.5) is 0 Å². The van der Waals surface area contributed by atoms with E-state index < -0.39 is 0 Å². The molecule has 124 valence electrons. The van der Waals surface area contributed by atoms with Crippen molar-refractivity contribution in [3.63, 3.8) is 0 Å². The molecular formula is C17H19N5O2. The topological polar surface area (TPSA) is 96.6 Å². The molecular weight excluding hydrogens is 306 g/mol. The van der Waals surface area contributed by atoms with Crippen molar-refractivity contribution in [3.05, 3.63) is 40.7 Å². The van der Waals surface area contributed by atoms with E-state index in [1.807, 2.05) is 39.0 Å². The van der Waals surface area contributed by atoms with Gasteiger partial charge in [-0.25, -0.2) is 4.98 Å². The van der Waals surface area contributed by atoms with Crippen LogP contribution in [0.3, 0.4) is 0 Å². The summed E-state index contributed by atoms with van der Waals surface area (Å²) in [4.78, 5) is 16.5. The van der Waals surface area contributed by atoms with Crippen LogP contribution in [0, 0.1) is 36.5 Å². The number of hydrogen-bond donors (Lipinski definition) is 0. The number of rotatable bonds is 6. The Morgan fingerprint density at radius 2 is 2.08 bits per heavy atom. The number of carbonyl (C=O) groups excluding carboxylic acids is 1. The summed E-state index contributed by atoms with van der Waals surface area (Å²) in [5.41, 5.74) is 2.58. The largest absolute Gasteiger partial charge is 0.383 e. The summed E-state index contributed by atoms with van der Waals surface area (Å²) in [5.74, 6) is -0.127. The lowest BCUT2D eigenvalue weighted by Crippen LogP contribution is -2.16. The van der Waals surface area contributed by atoms with E-state index in [4.69, 9.17) is 15.3 Å². The summed E-state index contributed by atoms with van der Waals surface area (Å²) >= 11 is 0. The van der Waals surface area contributed by atoms with Crippen molar-refractivity contribution in [1.29, 1.82) is 10.5 Å². The highest BCUT2D eigenvalue weighted by molar-refractivity contribution is 5.97. The van der Waals surface area contributed by atoms with Gasteiger partial charge in [0.1, 0.15) is 12.1 Å². The second-order valence-electron chi connectivity index (χ2n) is 5.68. The van der Waals surface area contributed by atoms with E-state index in [2.05, 4.69) is 9.55 Å². The van der Waals surface area contributed by atoms with E-state index in [-0.39, 0.29) is 29.8 Å². The molecule has 2 aromatic rings. The molecule has 0 N–H and O–H groups in total. The Morgan fingerprint density at radius 3 is 2.67 bits per heavy atom. The van der Waals surface area contributed by atoms with Crippen LogP contribution in [-0.2, 0) is 11.3 Å². The van der Waals surface area contributed by atoms with Crippen molar-refractivity contribution in [2.24, 2.45) is 0 Å². The standard InChI is InChI=1S/C17H19N5O2/c1-11-5-14(13(3)22(11)12(2)9-24-4)17(23)8-21-10-20-15(6-18)16(21)7-19/h5,10,12H,8-9H2,1-4H3/t12-/m1/s1. The maximum Gasteiger partial charge on any atom is 0.184 e. The van der Waals surface area contributed by atoms with Gasteiger partial charge in [0.15, 0.2) is 17.2 Å². The highest BCUT2D eigenvalue weighted by Gasteiger charge is 2.20. The van der Waals surface area contributed by atoms with E-state index in [0.29, 0.717) is 12.2 Å². The molecule has 0 bridgehead atoms. The number of nitriles is 2. The predicted octanol–water partition coefficient (Wildman–Crippen LogP) is 2.14. The highest BCUT2D eigenvalue weighted by Crippen LogP contribution is 2.22. The molecule has 0 unspecified atom stereocenters. The molecule has 0 radical (unpaired) electrons. The molecule has 2 rings (SSSR count). The van der Waals surface area contributed by atoms with Crippen LogP contribution in [0.5, 0.6) is 0 Å². The zero-order valence-electron chi connectivity index (χ0n) is 14.2. The fourth-order valence-corrected chi connectivity index (χ4v) is 2.99. The van der Waals surface area contributed by atoms with Crippen LogP contribution in [-0.4, -0.2) is 33.6 Å². The fraction of sp³-hybridized carbons (Fsp3) is 0.412. The molecule has 0 fully saturated rings. The molecule has 2 heterocycles. The molecule has 0 aromatic carbocycles. The molecule has 0 saturated carbocycles. The van der Waals surface area contributed by atoms with Crippen molar-refractivity contribution in [1.82, 2.24) is 14.1 Å². The Balaban J connectivity index is 2.32. The molecule has 0 spiro atoms. The Bertz CT molecular complexity index is 848. The van der Waals surface area contributed by atoms with Gasteiger partial charge in [-0.15, -0.1) is 0 Å². The molecule has 0 aliphatic carbocycles. The third-order valence-corrected chi connectivity index (χ3v) is 4.00. The van der Waals surface area contributed by atoms with Gasteiger partial charge in [0.05, 0.1) is 25.5 Å². The maximum absolute atomic E-state index is 12.7. The van der Waals surface area contributed by atoms with Gasteiger partial charge in [0.2, 0.25) is 0 Å². The van der Waals surface area contributed by atoms with Gasteiger partial charge >= 0.3 is 0 Å². The lowest BCUT2D eigenvalue weighted by Gasteiger charge is -2.17. The van der Waals surface area contributed by atoms with Crippen molar-refractivity contribution in [2.45, 2.75) is 33.4 Å². The number of carbonyl (C=O) groups is 1. The van der Waals surface area contributed by atoms with E-state index in [9.17, 15) is 4.79 Å². The van der Waals surface area contributed by atoms with E-state index in [1.165, 1.54) is 10.9 Å². The van der Waals surface area contributed by atoms with Crippen LogP contribution < -0.4 is 0 Å². The average Bonchev–Trinajstić information content (AvgIpc) is 3.07. The third-order valence-electron chi connectivity index (χ3n) is 4.00. The SMILES string of the molecule is COC[C@@H](C)n1c(C)cc(C(=O)Cn2cnc(C#N)c2C#N)c1C. The lowest BCUT2D eigenvalue weighted by atomic mass is 10.1. The molecule has 1 atom stereocenters. The summed E-state index contributed by atoms with van der Waals surface area (Å²) in [6, 6.07) is 5.73. The van der Waals surface area contributed by atoms with Gasteiger partial charge in [-0.2, -0.15) is 10.5 Å². The van der Waals surface area contributed by atoms with Crippen LogP contribution in [0.2, 0.25) is 0 Å². The maximum atomic E-state index is 12.7. The number of ketones is 1. The monoisotopic (exact) mass is 325 g/mol.